The first-order valence-corrected chi connectivity index (χ1v) is 11.2. The van der Waals surface area contributed by atoms with Crippen LogP contribution >= 0.6 is 0 Å². The van der Waals surface area contributed by atoms with Gasteiger partial charge in [0.15, 0.2) is 5.69 Å². The molecule has 0 spiro atoms. The Morgan fingerprint density at radius 1 is 1.03 bits per heavy atom. The molecule has 0 aliphatic rings. The van der Waals surface area contributed by atoms with E-state index < -0.39 is 15.7 Å². The van der Waals surface area contributed by atoms with Gasteiger partial charge < -0.3 is 10.1 Å². The fraction of sp³-hybridized carbons (Fsp3) is 0.0909. The first kappa shape index (κ1) is 20.5. The molecule has 7 nitrogen and oxygen atoms in total. The summed E-state index contributed by atoms with van der Waals surface area (Å²) in [7, 11) is -3.61. The van der Waals surface area contributed by atoms with Crippen LogP contribution in [0.25, 0.3) is 5.52 Å². The van der Waals surface area contributed by atoms with Gasteiger partial charge in [0, 0.05) is 19.0 Å². The van der Waals surface area contributed by atoms with Gasteiger partial charge in [-0.2, -0.15) is 0 Å². The lowest BCUT2D eigenvalue weighted by Gasteiger charge is -2.08. The maximum Gasteiger partial charge on any atom is 0.272 e. The smallest absolute Gasteiger partial charge is 0.272 e. The van der Waals surface area contributed by atoms with Crippen LogP contribution in [-0.4, -0.2) is 30.0 Å². The fourth-order valence-electron chi connectivity index (χ4n) is 3.02. The van der Waals surface area contributed by atoms with E-state index in [1.807, 2.05) is 0 Å². The van der Waals surface area contributed by atoms with Gasteiger partial charge in [0.1, 0.15) is 17.3 Å². The van der Waals surface area contributed by atoms with Gasteiger partial charge >= 0.3 is 0 Å². The second-order valence-electron chi connectivity index (χ2n) is 6.85. The molecule has 4 rings (SSSR count). The molecule has 0 bridgehead atoms. The number of halogens is 1. The minimum Gasteiger partial charge on any atom is -0.457 e. The number of carbonyl (C=O) groups excluding carboxylic acids is 1. The van der Waals surface area contributed by atoms with E-state index in [-0.39, 0.29) is 23.2 Å². The molecule has 31 heavy (non-hydrogen) atoms. The van der Waals surface area contributed by atoms with E-state index in [1.165, 1.54) is 28.7 Å². The van der Waals surface area contributed by atoms with E-state index in [1.54, 1.807) is 48.7 Å². The Morgan fingerprint density at radius 3 is 2.32 bits per heavy atom. The molecule has 0 aliphatic heterocycles. The summed E-state index contributed by atoms with van der Waals surface area (Å²) in [6.07, 6.45) is 2.60. The van der Waals surface area contributed by atoms with Gasteiger partial charge in [-0.15, -0.1) is 0 Å². The molecule has 0 aliphatic carbocycles. The van der Waals surface area contributed by atoms with Gasteiger partial charge in [-0.25, -0.2) is 17.8 Å². The lowest BCUT2D eigenvalue weighted by molar-refractivity contribution is 0.0947. The van der Waals surface area contributed by atoms with Gasteiger partial charge in [0.25, 0.3) is 5.91 Å². The highest BCUT2D eigenvalue weighted by Gasteiger charge is 2.22. The van der Waals surface area contributed by atoms with Gasteiger partial charge in [0.2, 0.25) is 15.0 Å². The maximum atomic E-state index is 13.0. The number of hydrogen-bond acceptors (Lipinski definition) is 5. The Labute approximate surface area is 178 Å². The van der Waals surface area contributed by atoms with Crippen molar-refractivity contribution in [3.8, 4) is 11.5 Å². The molecule has 0 fully saturated rings. The van der Waals surface area contributed by atoms with Gasteiger partial charge in [-0.05, 0) is 54.1 Å². The molecule has 1 amide bonds. The summed E-state index contributed by atoms with van der Waals surface area (Å²) in [5, 5.41) is 2.57. The monoisotopic (exact) mass is 439 g/mol. The van der Waals surface area contributed by atoms with E-state index in [9.17, 15) is 17.6 Å². The number of imidazole rings is 1. The average molecular weight is 439 g/mol. The van der Waals surface area contributed by atoms with Crippen LogP contribution in [0.1, 0.15) is 16.1 Å². The molecule has 1 N–H and O–H groups in total. The number of hydrogen-bond donors (Lipinski definition) is 1. The first-order valence-electron chi connectivity index (χ1n) is 9.29. The van der Waals surface area contributed by atoms with Crippen molar-refractivity contribution >= 4 is 21.3 Å². The van der Waals surface area contributed by atoms with Crippen molar-refractivity contribution in [2.45, 2.75) is 11.7 Å². The second kappa shape index (κ2) is 8.19. The van der Waals surface area contributed by atoms with Crippen LogP contribution in [0.5, 0.6) is 11.5 Å². The molecular weight excluding hydrogens is 421 g/mol. The third-order valence-corrected chi connectivity index (χ3v) is 5.44. The standard InChI is InChI=1S/C22H18FN3O4S/c1-31(28,29)22-25-20(19-4-2-3-13-26(19)22)21(27)24-14-15-5-9-17(10-6-15)30-18-11-7-16(23)8-12-18/h2-13H,14H2,1H3,(H,24,27). The molecule has 0 saturated heterocycles. The lowest BCUT2D eigenvalue weighted by atomic mass is 10.2. The Hall–Kier alpha value is -3.72. The molecule has 9 heteroatoms. The molecule has 2 aromatic carbocycles. The highest BCUT2D eigenvalue weighted by molar-refractivity contribution is 7.90. The lowest BCUT2D eigenvalue weighted by Crippen LogP contribution is -2.23. The average Bonchev–Trinajstić information content (AvgIpc) is 3.15. The van der Waals surface area contributed by atoms with Crippen molar-refractivity contribution in [2.24, 2.45) is 0 Å². The zero-order chi connectivity index (χ0) is 22.0. The summed E-state index contributed by atoms with van der Waals surface area (Å²) in [6.45, 7) is 0.218. The number of pyridine rings is 1. The van der Waals surface area contributed by atoms with Crippen molar-refractivity contribution in [2.75, 3.05) is 6.26 Å². The zero-order valence-electron chi connectivity index (χ0n) is 16.4. The largest absolute Gasteiger partial charge is 0.457 e. The number of aromatic nitrogens is 2. The van der Waals surface area contributed by atoms with E-state index in [0.29, 0.717) is 17.0 Å². The van der Waals surface area contributed by atoms with E-state index in [2.05, 4.69) is 10.3 Å². The van der Waals surface area contributed by atoms with Crippen molar-refractivity contribution in [1.82, 2.24) is 14.7 Å². The zero-order valence-corrected chi connectivity index (χ0v) is 17.3. The molecule has 0 saturated carbocycles. The van der Waals surface area contributed by atoms with Crippen molar-refractivity contribution in [3.63, 3.8) is 0 Å². The Balaban J connectivity index is 1.46. The number of fused-ring (bicyclic) bond motifs is 1. The summed E-state index contributed by atoms with van der Waals surface area (Å²) < 4.78 is 44.0. The predicted molar refractivity (Wildman–Crippen MR) is 112 cm³/mol. The number of nitrogens with zero attached hydrogens (tertiary/aromatic N) is 2. The predicted octanol–water partition coefficient (Wildman–Crippen LogP) is 3.60. The molecule has 0 unspecified atom stereocenters. The Kier molecular flexibility index (Phi) is 5.43. The van der Waals surface area contributed by atoms with Crippen LogP contribution in [-0.2, 0) is 16.4 Å². The van der Waals surface area contributed by atoms with Crippen molar-refractivity contribution in [1.29, 1.82) is 0 Å². The van der Waals surface area contributed by atoms with E-state index in [0.717, 1.165) is 11.8 Å². The number of sulfone groups is 1. The van der Waals surface area contributed by atoms with Crippen LogP contribution in [0, 0.1) is 5.82 Å². The summed E-state index contributed by atoms with van der Waals surface area (Å²) in [6, 6.07) is 17.7. The molecule has 4 aromatic rings. The Morgan fingerprint density at radius 2 is 1.68 bits per heavy atom. The summed E-state index contributed by atoms with van der Waals surface area (Å²) >= 11 is 0. The van der Waals surface area contributed by atoms with Crippen LogP contribution < -0.4 is 10.1 Å². The normalized spacial score (nSPS) is 11.4. The highest BCUT2D eigenvalue weighted by Crippen LogP contribution is 2.22. The molecular formula is C22H18FN3O4S. The van der Waals surface area contributed by atoms with Crippen molar-refractivity contribution in [3.05, 3.63) is 90.0 Å². The topological polar surface area (TPSA) is 89.8 Å². The number of ether oxygens (including phenoxy) is 1. The number of rotatable bonds is 6. The minimum absolute atomic E-state index is 0.0392. The van der Waals surface area contributed by atoms with Crippen LogP contribution in [0.4, 0.5) is 4.39 Å². The number of nitrogens with one attached hydrogen (secondary N) is 1. The summed E-state index contributed by atoms with van der Waals surface area (Å²) in [5.74, 6) is 0.258. The minimum atomic E-state index is -3.61. The SMILES string of the molecule is CS(=O)(=O)c1nc(C(=O)NCc2ccc(Oc3ccc(F)cc3)cc2)c2ccccn12. The number of benzene rings is 2. The van der Waals surface area contributed by atoms with Crippen LogP contribution in [0.3, 0.4) is 0 Å². The van der Waals surface area contributed by atoms with Gasteiger partial charge in [-0.1, -0.05) is 18.2 Å². The van der Waals surface area contributed by atoms with E-state index >= 15 is 0 Å². The maximum absolute atomic E-state index is 13.0. The van der Waals surface area contributed by atoms with E-state index in [4.69, 9.17) is 4.74 Å². The number of carbonyl (C=O) groups is 1. The van der Waals surface area contributed by atoms with Crippen LogP contribution in [0.15, 0.2) is 78.1 Å². The molecule has 158 valence electrons. The fourth-order valence-corrected chi connectivity index (χ4v) is 3.79. The first-order chi connectivity index (χ1) is 14.8. The molecule has 0 radical (unpaired) electrons. The van der Waals surface area contributed by atoms with Gasteiger partial charge in [0.05, 0.1) is 5.52 Å². The number of amides is 1. The quantitative estimate of drug-likeness (QED) is 0.496. The van der Waals surface area contributed by atoms with Crippen molar-refractivity contribution < 1.29 is 22.3 Å². The third kappa shape index (κ3) is 4.56. The Bertz CT molecular complexity index is 1350. The summed E-state index contributed by atoms with van der Waals surface area (Å²) in [4.78, 5) is 16.7. The third-order valence-electron chi connectivity index (χ3n) is 4.49. The molecule has 2 heterocycles. The van der Waals surface area contributed by atoms with Crippen LogP contribution in [0.2, 0.25) is 0 Å². The van der Waals surface area contributed by atoms with Gasteiger partial charge in [-0.3, -0.25) is 9.20 Å². The highest BCUT2D eigenvalue weighted by atomic mass is 32.2. The summed E-state index contributed by atoms with van der Waals surface area (Å²) in [5.41, 5.74) is 1.26. The molecule has 0 atom stereocenters. The molecule has 2 aromatic heterocycles. The second-order valence-corrected chi connectivity index (χ2v) is 8.76.